The fourth-order valence-electron chi connectivity index (χ4n) is 2.39. The average molecular weight is 356 g/mol. The van der Waals surface area contributed by atoms with Crippen LogP contribution in [0.5, 0.6) is 5.75 Å². The monoisotopic (exact) mass is 356 g/mol. The molecule has 0 aliphatic rings. The van der Waals surface area contributed by atoms with E-state index < -0.39 is 0 Å². The first kappa shape index (κ1) is 17.0. The van der Waals surface area contributed by atoms with Crippen LogP contribution < -0.4 is 4.74 Å². The summed E-state index contributed by atoms with van der Waals surface area (Å²) in [7, 11) is 3.50. The molecule has 0 spiro atoms. The van der Waals surface area contributed by atoms with Crippen molar-refractivity contribution in [2.45, 2.75) is 10.9 Å². The molecule has 0 N–H and O–H groups in total. The van der Waals surface area contributed by atoms with E-state index in [9.17, 15) is 10.1 Å². The van der Waals surface area contributed by atoms with Crippen LogP contribution in [0.4, 0.5) is 5.69 Å². The van der Waals surface area contributed by atoms with E-state index in [-0.39, 0.29) is 10.6 Å². The van der Waals surface area contributed by atoms with Gasteiger partial charge in [0.25, 0.3) is 5.69 Å². The number of methoxy groups -OCH3 is 1. The fourth-order valence-corrected chi connectivity index (χ4v) is 3.29. The Morgan fingerprint density at radius 2 is 1.88 bits per heavy atom. The molecule has 0 radical (unpaired) electrons. The van der Waals surface area contributed by atoms with Crippen LogP contribution in [-0.2, 0) is 12.8 Å². The van der Waals surface area contributed by atoms with Gasteiger partial charge in [-0.1, -0.05) is 30.0 Å². The minimum Gasteiger partial charge on any atom is -0.497 e. The summed E-state index contributed by atoms with van der Waals surface area (Å²) in [4.78, 5) is 10.7. The Morgan fingerprint density at radius 1 is 1.16 bits per heavy atom. The maximum atomic E-state index is 11.1. The van der Waals surface area contributed by atoms with Gasteiger partial charge >= 0.3 is 0 Å². The highest BCUT2D eigenvalue weighted by molar-refractivity contribution is 7.98. The summed E-state index contributed by atoms with van der Waals surface area (Å²) in [5.41, 5.74) is 1.70. The van der Waals surface area contributed by atoms with Gasteiger partial charge in [-0.15, -0.1) is 10.2 Å². The quantitative estimate of drug-likeness (QED) is 0.380. The highest BCUT2D eigenvalue weighted by atomic mass is 32.2. The van der Waals surface area contributed by atoms with Crippen molar-refractivity contribution in [2.75, 3.05) is 7.11 Å². The van der Waals surface area contributed by atoms with Crippen LogP contribution in [0.25, 0.3) is 11.4 Å². The molecule has 1 heterocycles. The molecule has 0 unspecified atom stereocenters. The van der Waals surface area contributed by atoms with Crippen molar-refractivity contribution in [3.8, 4) is 17.1 Å². The lowest BCUT2D eigenvalue weighted by molar-refractivity contribution is -0.385. The Kier molecular flexibility index (Phi) is 4.99. The second-order valence-electron chi connectivity index (χ2n) is 5.27. The molecule has 0 aliphatic carbocycles. The molecule has 0 saturated heterocycles. The van der Waals surface area contributed by atoms with Crippen LogP contribution in [0.1, 0.15) is 5.56 Å². The Bertz CT molecular complexity index is 893. The van der Waals surface area contributed by atoms with E-state index >= 15 is 0 Å². The molecule has 8 heteroatoms. The number of hydrogen-bond acceptors (Lipinski definition) is 6. The minimum absolute atomic E-state index is 0.118. The lowest BCUT2D eigenvalue weighted by Gasteiger charge is -2.05. The molecule has 1 aromatic heterocycles. The zero-order valence-electron chi connectivity index (χ0n) is 13.7. The van der Waals surface area contributed by atoms with Crippen LogP contribution in [0.3, 0.4) is 0 Å². The molecule has 0 bridgehead atoms. The highest BCUT2D eigenvalue weighted by Crippen LogP contribution is 2.29. The van der Waals surface area contributed by atoms with Crippen molar-refractivity contribution >= 4 is 17.4 Å². The van der Waals surface area contributed by atoms with E-state index in [1.54, 1.807) is 25.3 Å². The van der Waals surface area contributed by atoms with Crippen LogP contribution in [0, 0.1) is 10.1 Å². The van der Waals surface area contributed by atoms with Crippen LogP contribution >= 0.6 is 11.8 Å². The molecule has 0 amide bonds. The second kappa shape index (κ2) is 7.35. The average Bonchev–Trinajstić information content (AvgIpc) is 3.01. The summed E-state index contributed by atoms with van der Waals surface area (Å²) in [6.07, 6.45) is 0. The first-order chi connectivity index (χ1) is 12.1. The Morgan fingerprint density at radius 3 is 2.56 bits per heavy atom. The number of aromatic nitrogens is 3. The topological polar surface area (TPSA) is 83.1 Å². The van der Waals surface area contributed by atoms with Crippen LogP contribution in [0.15, 0.2) is 53.7 Å². The third-order valence-electron chi connectivity index (χ3n) is 3.73. The smallest absolute Gasteiger partial charge is 0.273 e. The van der Waals surface area contributed by atoms with Crippen LogP contribution in [0.2, 0.25) is 0 Å². The molecule has 0 atom stereocenters. The molecule has 0 saturated carbocycles. The van der Waals surface area contributed by atoms with Crippen molar-refractivity contribution in [3.63, 3.8) is 0 Å². The number of rotatable bonds is 6. The summed E-state index contributed by atoms with van der Waals surface area (Å²) >= 11 is 1.42. The summed E-state index contributed by atoms with van der Waals surface area (Å²) in [5, 5.41) is 20.2. The van der Waals surface area contributed by atoms with Crippen molar-refractivity contribution in [2.24, 2.45) is 7.05 Å². The number of ether oxygens (including phenoxy) is 1. The number of nitro benzene ring substituents is 1. The first-order valence-corrected chi connectivity index (χ1v) is 8.47. The van der Waals surface area contributed by atoms with Crippen molar-refractivity contribution < 1.29 is 9.66 Å². The van der Waals surface area contributed by atoms with E-state index in [0.29, 0.717) is 16.5 Å². The largest absolute Gasteiger partial charge is 0.497 e. The van der Waals surface area contributed by atoms with Gasteiger partial charge < -0.3 is 9.30 Å². The Hall–Kier alpha value is -2.87. The zero-order chi connectivity index (χ0) is 17.8. The molecular formula is C17H16N4O3S. The molecule has 128 valence electrons. The van der Waals surface area contributed by atoms with Gasteiger partial charge in [-0.05, 0) is 24.3 Å². The lowest BCUT2D eigenvalue weighted by atomic mass is 10.2. The van der Waals surface area contributed by atoms with Crippen molar-refractivity contribution in [1.82, 2.24) is 14.8 Å². The van der Waals surface area contributed by atoms with E-state index in [0.717, 1.165) is 17.1 Å². The maximum absolute atomic E-state index is 11.1. The molecule has 3 rings (SSSR count). The molecule has 3 aromatic rings. The minimum atomic E-state index is -0.366. The number of hydrogen-bond donors (Lipinski definition) is 0. The Labute approximate surface area is 148 Å². The van der Waals surface area contributed by atoms with Gasteiger partial charge in [0.1, 0.15) is 5.75 Å². The third-order valence-corrected chi connectivity index (χ3v) is 4.80. The molecule has 2 aromatic carbocycles. The van der Waals surface area contributed by atoms with Gasteiger partial charge in [0.05, 0.1) is 12.0 Å². The number of thioether (sulfide) groups is 1. The molecular weight excluding hydrogens is 340 g/mol. The van der Waals surface area contributed by atoms with Crippen molar-refractivity contribution in [3.05, 3.63) is 64.2 Å². The molecule has 0 fully saturated rings. The SMILES string of the molecule is COc1ccc(-c2nnc(SCc3ccccc3[N+](=O)[O-])n2C)cc1. The number of benzene rings is 2. The van der Waals surface area contributed by atoms with E-state index in [1.807, 2.05) is 35.9 Å². The normalized spacial score (nSPS) is 10.6. The summed E-state index contributed by atoms with van der Waals surface area (Å²) in [5.74, 6) is 1.95. The summed E-state index contributed by atoms with van der Waals surface area (Å²) < 4.78 is 7.03. The molecule has 7 nitrogen and oxygen atoms in total. The number of para-hydroxylation sites is 1. The fraction of sp³-hybridized carbons (Fsp3) is 0.176. The number of nitrogens with zero attached hydrogens (tertiary/aromatic N) is 4. The maximum Gasteiger partial charge on any atom is 0.273 e. The van der Waals surface area contributed by atoms with Crippen LogP contribution in [-0.4, -0.2) is 26.8 Å². The predicted octanol–water partition coefficient (Wildman–Crippen LogP) is 3.69. The summed E-state index contributed by atoms with van der Waals surface area (Å²) in [6, 6.07) is 14.3. The third kappa shape index (κ3) is 3.63. The summed E-state index contributed by atoms with van der Waals surface area (Å²) in [6.45, 7) is 0. The molecule has 0 aliphatic heterocycles. The number of nitro groups is 1. The zero-order valence-corrected chi connectivity index (χ0v) is 14.6. The van der Waals surface area contributed by atoms with Gasteiger partial charge in [0, 0.05) is 30.0 Å². The molecule has 25 heavy (non-hydrogen) atoms. The van der Waals surface area contributed by atoms with E-state index in [1.165, 1.54) is 17.8 Å². The van der Waals surface area contributed by atoms with Gasteiger partial charge in [0.15, 0.2) is 11.0 Å². The highest BCUT2D eigenvalue weighted by Gasteiger charge is 2.15. The van der Waals surface area contributed by atoms with E-state index in [4.69, 9.17) is 4.74 Å². The van der Waals surface area contributed by atoms with E-state index in [2.05, 4.69) is 10.2 Å². The standard InChI is InChI=1S/C17H16N4O3S/c1-20-16(12-7-9-14(24-2)10-8-12)18-19-17(20)25-11-13-5-3-4-6-15(13)21(22)23/h3-10H,11H2,1-2H3. The van der Waals surface area contributed by atoms with Gasteiger partial charge in [0.2, 0.25) is 0 Å². The lowest BCUT2D eigenvalue weighted by Crippen LogP contribution is -1.97. The first-order valence-electron chi connectivity index (χ1n) is 7.49. The van der Waals surface area contributed by atoms with Crippen molar-refractivity contribution in [1.29, 1.82) is 0 Å². The Balaban J connectivity index is 1.79. The van der Waals surface area contributed by atoms with Gasteiger partial charge in [-0.2, -0.15) is 0 Å². The second-order valence-corrected chi connectivity index (χ2v) is 6.21. The predicted molar refractivity (Wildman–Crippen MR) is 95.6 cm³/mol. The van der Waals surface area contributed by atoms with Gasteiger partial charge in [-0.25, -0.2) is 0 Å². The van der Waals surface area contributed by atoms with Gasteiger partial charge in [-0.3, -0.25) is 10.1 Å².